The van der Waals surface area contributed by atoms with Gasteiger partial charge in [-0.05, 0) is 18.6 Å². The molecule has 0 saturated carbocycles. The lowest BCUT2D eigenvalue weighted by Crippen LogP contribution is -2.36. The number of carbonyl (C=O) groups excluding carboxylic acids is 1. The van der Waals surface area contributed by atoms with Crippen LogP contribution in [-0.2, 0) is 0 Å². The molecule has 1 saturated heterocycles. The predicted octanol–water partition coefficient (Wildman–Crippen LogP) is 3.21. The second-order valence-corrected chi connectivity index (χ2v) is 7.02. The van der Waals surface area contributed by atoms with Crippen molar-refractivity contribution in [3.63, 3.8) is 0 Å². The third-order valence-electron chi connectivity index (χ3n) is 4.25. The standard InChI is InChI=1S/C19H18N4OS/c24-18(16-12-21-19(25-16)14-6-2-1-3-7-14)22-15-9-11-23(13-15)17-8-4-5-10-20-17/h1-8,10,12,15H,9,11,13H2,(H,22,24). The molecule has 1 fully saturated rings. The summed E-state index contributed by atoms with van der Waals surface area (Å²) in [4.78, 5) is 24.1. The molecule has 1 aliphatic rings. The Bertz CT molecular complexity index is 850. The van der Waals surface area contributed by atoms with Gasteiger partial charge in [0.05, 0.1) is 6.20 Å². The lowest BCUT2D eigenvalue weighted by atomic mass is 10.2. The minimum atomic E-state index is -0.0486. The third-order valence-corrected chi connectivity index (χ3v) is 5.29. The van der Waals surface area contributed by atoms with Crippen LogP contribution in [0.2, 0.25) is 0 Å². The van der Waals surface area contributed by atoms with Crippen LogP contribution in [0, 0.1) is 0 Å². The highest BCUT2D eigenvalue weighted by atomic mass is 32.1. The van der Waals surface area contributed by atoms with Gasteiger partial charge >= 0.3 is 0 Å². The molecule has 4 rings (SSSR count). The Hall–Kier alpha value is -2.73. The van der Waals surface area contributed by atoms with Gasteiger partial charge in [-0.2, -0.15) is 0 Å². The van der Waals surface area contributed by atoms with Crippen LogP contribution in [0.4, 0.5) is 5.82 Å². The molecule has 1 amide bonds. The van der Waals surface area contributed by atoms with E-state index in [1.165, 1.54) is 11.3 Å². The lowest BCUT2D eigenvalue weighted by Gasteiger charge is -2.17. The minimum Gasteiger partial charge on any atom is -0.354 e. The molecule has 0 bridgehead atoms. The van der Waals surface area contributed by atoms with Crippen molar-refractivity contribution in [3.05, 3.63) is 65.8 Å². The average molecular weight is 350 g/mol. The Morgan fingerprint density at radius 3 is 2.76 bits per heavy atom. The fourth-order valence-corrected chi connectivity index (χ4v) is 3.80. The van der Waals surface area contributed by atoms with E-state index in [0.717, 1.165) is 35.9 Å². The number of carbonyl (C=O) groups is 1. The van der Waals surface area contributed by atoms with Crippen molar-refractivity contribution in [3.8, 4) is 10.6 Å². The normalized spacial score (nSPS) is 16.8. The van der Waals surface area contributed by atoms with E-state index >= 15 is 0 Å². The summed E-state index contributed by atoms with van der Waals surface area (Å²) in [6.07, 6.45) is 4.38. The average Bonchev–Trinajstić information content (AvgIpc) is 3.33. The minimum absolute atomic E-state index is 0.0486. The molecule has 0 aliphatic carbocycles. The van der Waals surface area contributed by atoms with Crippen LogP contribution >= 0.6 is 11.3 Å². The Morgan fingerprint density at radius 2 is 1.96 bits per heavy atom. The van der Waals surface area contributed by atoms with Crippen molar-refractivity contribution in [2.45, 2.75) is 12.5 Å². The summed E-state index contributed by atoms with van der Waals surface area (Å²) in [5, 5.41) is 3.99. The van der Waals surface area contributed by atoms with E-state index in [0.29, 0.717) is 4.88 Å². The first-order valence-corrected chi connectivity index (χ1v) is 9.09. The molecule has 1 aromatic carbocycles. The fourth-order valence-electron chi connectivity index (χ4n) is 2.98. The second-order valence-electron chi connectivity index (χ2n) is 5.99. The fraction of sp³-hybridized carbons (Fsp3) is 0.211. The smallest absolute Gasteiger partial charge is 0.263 e. The Morgan fingerprint density at radius 1 is 1.12 bits per heavy atom. The highest BCUT2D eigenvalue weighted by Crippen LogP contribution is 2.25. The van der Waals surface area contributed by atoms with Gasteiger partial charge in [-0.3, -0.25) is 4.79 Å². The number of nitrogens with one attached hydrogen (secondary N) is 1. The van der Waals surface area contributed by atoms with Gasteiger partial charge in [-0.1, -0.05) is 36.4 Å². The van der Waals surface area contributed by atoms with Gasteiger partial charge in [0.2, 0.25) is 0 Å². The summed E-state index contributed by atoms with van der Waals surface area (Å²) in [7, 11) is 0. The van der Waals surface area contributed by atoms with Crippen molar-refractivity contribution in [2.75, 3.05) is 18.0 Å². The quantitative estimate of drug-likeness (QED) is 0.785. The second kappa shape index (κ2) is 7.03. The number of nitrogens with zero attached hydrogens (tertiary/aromatic N) is 3. The maximum Gasteiger partial charge on any atom is 0.263 e. The number of hydrogen-bond donors (Lipinski definition) is 1. The Labute approximate surface area is 150 Å². The number of amides is 1. The van der Waals surface area contributed by atoms with Crippen LogP contribution < -0.4 is 10.2 Å². The van der Waals surface area contributed by atoms with E-state index in [1.807, 2.05) is 48.5 Å². The molecule has 1 N–H and O–H groups in total. The van der Waals surface area contributed by atoms with Gasteiger partial charge in [0.1, 0.15) is 15.7 Å². The summed E-state index contributed by atoms with van der Waals surface area (Å²) in [5.74, 6) is 0.913. The van der Waals surface area contributed by atoms with Gasteiger partial charge in [-0.25, -0.2) is 9.97 Å². The topological polar surface area (TPSA) is 58.1 Å². The number of benzene rings is 1. The lowest BCUT2D eigenvalue weighted by molar-refractivity contribution is 0.0944. The van der Waals surface area contributed by atoms with Crippen LogP contribution in [0.5, 0.6) is 0 Å². The summed E-state index contributed by atoms with van der Waals surface area (Å²) in [6.45, 7) is 1.69. The summed E-state index contributed by atoms with van der Waals surface area (Å²) in [6, 6.07) is 15.9. The number of anilines is 1. The summed E-state index contributed by atoms with van der Waals surface area (Å²) in [5.41, 5.74) is 1.04. The zero-order valence-corrected chi connectivity index (χ0v) is 14.4. The van der Waals surface area contributed by atoms with Crippen molar-refractivity contribution >= 4 is 23.1 Å². The molecular weight excluding hydrogens is 332 g/mol. The van der Waals surface area contributed by atoms with Gasteiger partial charge in [0.15, 0.2) is 0 Å². The first-order valence-electron chi connectivity index (χ1n) is 8.28. The van der Waals surface area contributed by atoms with Crippen molar-refractivity contribution in [2.24, 2.45) is 0 Å². The number of hydrogen-bond acceptors (Lipinski definition) is 5. The number of rotatable bonds is 4. The summed E-state index contributed by atoms with van der Waals surface area (Å²) < 4.78 is 0. The Kier molecular flexibility index (Phi) is 4.43. The van der Waals surface area contributed by atoms with Gasteiger partial charge in [-0.15, -0.1) is 11.3 Å². The molecule has 1 unspecified atom stereocenters. The summed E-state index contributed by atoms with van der Waals surface area (Å²) >= 11 is 1.43. The molecule has 6 heteroatoms. The van der Waals surface area contributed by atoms with E-state index < -0.39 is 0 Å². The van der Waals surface area contributed by atoms with Crippen LogP contribution in [-0.4, -0.2) is 35.0 Å². The van der Waals surface area contributed by atoms with Crippen LogP contribution in [0.1, 0.15) is 16.1 Å². The monoisotopic (exact) mass is 350 g/mol. The zero-order chi connectivity index (χ0) is 17.1. The number of pyridine rings is 1. The maximum atomic E-state index is 12.5. The molecule has 25 heavy (non-hydrogen) atoms. The third kappa shape index (κ3) is 3.53. The van der Waals surface area contributed by atoms with E-state index in [1.54, 1.807) is 12.4 Å². The highest BCUT2D eigenvalue weighted by molar-refractivity contribution is 7.16. The highest BCUT2D eigenvalue weighted by Gasteiger charge is 2.25. The molecule has 0 spiro atoms. The predicted molar refractivity (Wildman–Crippen MR) is 99.9 cm³/mol. The first-order chi connectivity index (χ1) is 12.3. The van der Waals surface area contributed by atoms with E-state index in [9.17, 15) is 4.79 Å². The molecule has 3 aromatic rings. The molecular formula is C19H18N4OS. The molecule has 126 valence electrons. The molecule has 1 aliphatic heterocycles. The molecule has 1 atom stereocenters. The van der Waals surface area contributed by atoms with Gasteiger partial charge in [0, 0.05) is 30.9 Å². The molecule has 3 heterocycles. The van der Waals surface area contributed by atoms with Crippen LogP contribution in [0.25, 0.3) is 10.6 Å². The van der Waals surface area contributed by atoms with Gasteiger partial charge < -0.3 is 10.2 Å². The number of aromatic nitrogens is 2. The molecule has 0 radical (unpaired) electrons. The van der Waals surface area contributed by atoms with Crippen LogP contribution in [0.15, 0.2) is 60.9 Å². The van der Waals surface area contributed by atoms with Crippen LogP contribution in [0.3, 0.4) is 0 Å². The molecule has 5 nitrogen and oxygen atoms in total. The van der Waals surface area contributed by atoms with Crippen molar-refractivity contribution in [1.29, 1.82) is 0 Å². The zero-order valence-electron chi connectivity index (χ0n) is 13.6. The largest absolute Gasteiger partial charge is 0.354 e. The maximum absolute atomic E-state index is 12.5. The SMILES string of the molecule is O=C(NC1CCN(c2ccccn2)C1)c1cnc(-c2ccccc2)s1. The van der Waals surface area contributed by atoms with Crippen molar-refractivity contribution in [1.82, 2.24) is 15.3 Å². The van der Waals surface area contributed by atoms with Gasteiger partial charge in [0.25, 0.3) is 5.91 Å². The van der Waals surface area contributed by atoms with Crippen molar-refractivity contribution < 1.29 is 4.79 Å². The first kappa shape index (κ1) is 15.8. The van der Waals surface area contributed by atoms with E-state index in [-0.39, 0.29) is 11.9 Å². The van der Waals surface area contributed by atoms with E-state index in [4.69, 9.17) is 0 Å². The van der Waals surface area contributed by atoms with E-state index in [2.05, 4.69) is 20.2 Å². The number of thiazole rings is 1. The Balaban J connectivity index is 1.39. The molecule has 2 aromatic heterocycles.